The van der Waals surface area contributed by atoms with Crippen LogP contribution in [0.1, 0.15) is 37.0 Å². The fourth-order valence-corrected chi connectivity index (χ4v) is 3.81. The van der Waals surface area contributed by atoms with Crippen molar-refractivity contribution in [1.29, 1.82) is 0 Å². The molecule has 2 heterocycles. The highest BCUT2D eigenvalue weighted by atomic mass is 35.5. The van der Waals surface area contributed by atoms with E-state index in [0.717, 1.165) is 5.56 Å². The molecule has 1 aliphatic rings. The lowest BCUT2D eigenvalue weighted by Gasteiger charge is -2.30. The van der Waals surface area contributed by atoms with Gasteiger partial charge in [-0.25, -0.2) is 9.59 Å². The summed E-state index contributed by atoms with van der Waals surface area (Å²) in [5.41, 5.74) is 2.11. The van der Waals surface area contributed by atoms with E-state index in [0.29, 0.717) is 34.5 Å². The number of carbonyl (C=O) groups excluding carboxylic acids is 3. The molecular formula is C24H29ClN4O5. The van der Waals surface area contributed by atoms with E-state index < -0.39 is 18.0 Å². The Kier molecular flexibility index (Phi) is 8.36. The van der Waals surface area contributed by atoms with Crippen LogP contribution in [-0.2, 0) is 14.3 Å². The number of aryl methyl sites for hydroxylation is 2. The van der Waals surface area contributed by atoms with E-state index in [-0.39, 0.29) is 31.2 Å². The van der Waals surface area contributed by atoms with Gasteiger partial charge in [0.25, 0.3) is 0 Å². The van der Waals surface area contributed by atoms with Crippen molar-refractivity contribution in [2.75, 3.05) is 31.6 Å². The number of ether oxygens (including phenoxy) is 1. The maximum atomic E-state index is 12.9. The number of furan rings is 1. The van der Waals surface area contributed by atoms with Crippen LogP contribution in [0.4, 0.5) is 10.5 Å². The zero-order valence-electron chi connectivity index (χ0n) is 19.7. The van der Waals surface area contributed by atoms with Crippen molar-refractivity contribution >= 4 is 35.2 Å². The summed E-state index contributed by atoms with van der Waals surface area (Å²) in [5.74, 6) is 0.254. The van der Waals surface area contributed by atoms with E-state index in [2.05, 4.69) is 16.0 Å². The van der Waals surface area contributed by atoms with Gasteiger partial charge in [0, 0.05) is 23.0 Å². The number of hydrogen-bond donors (Lipinski definition) is 3. The van der Waals surface area contributed by atoms with Crippen LogP contribution in [0.25, 0.3) is 0 Å². The zero-order valence-corrected chi connectivity index (χ0v) is 20.4. The number of urea groups is 1. The zero-order chi connectivity index (χ0) is 24.8. The summed E-state index contributed by atoms with van der Waals surface area (Å²) in [6.07, 6.45) is 0. The molecule has 9 nitrogen and oxygen atoms in total. The van der Waals surface area contributed by atoms with Crippen LogP contribution in [0.5, 0.6) is 0 Å². The van der Waals surface area contributed by atoms with Crippen molar-refractivity contribution in [2.45, 2.75) is 33.7 Å². The van der Waals surface area contributed by atoms with Crippen molar-refractivity contribution in [3.8, 4) is 0 Å². The quantitative estimate of drug-likeness (QED) is 0.464. The molecular weight excluding hydrogens is 460 g/mol. The molecule has 1 aromatic heterocycles. The Bertz CT molecular complexity index is 1110. The Morgan fingerprint density at radius 1 is 1.21 bits per heavy atom. The van der Waals surface area contributed by atoms with E-state index >= 15 is 0 Å². The van der Waals surface area contributed by atoms with Gasteiger partial charge in [0.2, 0.25) is 5.91 Å². The Hall–Kier alpha value is -3.30. The van der Waals surface area contributed by atoms with Crippen molar-refractivity contribution in [3.63, 3.8) is 0 Å². The SMILES string of the molecule is CCOC(=O)C1=C(CN(CC)CC(=O)Nc2cc(Cl)ccc2C)NC(=O)NC1c1ccc(C)o1. The molecule has 3 rings (SSSR count). The second-order valence-corrected chi connectivity index (χ2v) is 8.34. The number of amides is 3. The number of hydrogen-bond acceptors (Lipinski definition) is 6. The second kappa shape index (κ2) is 11.2. The molecule has 1 unspecified atom stereocenters. The Morgan fingerprint density at radius 3 is 2.62 bits per heavy atom. The van der Waals surface area contributed by atoms with E-state index in [4.69, 9.17) is 20.8 Å². The average Bonchev–Trinajstić information content (AvgIpc) is 3.21. The maximum Gasteiger partial charge on any atom is 0.338 e. The minimum atomic E-state index is -0.807. The molecule has 0 radical (unpaired) electrons. The molecule has 0 bridgehead atoms. The molecule has 0 fully saturated rings. The molecule has 1 aliphatic heterocycles. The largest absolute Gasteiger partial charge is 0.464 e. The van der Waals surface area contributed by atoms with Crippen molar-refractivity contribution in [1.82, 2.24) is 15.5 Å². The number of likely N-dealkylation sites (N-methyl/N-ethyl adjacent to an activating group) is 1. The highest BCUT2D eigenvalue weighted by molar-refractivity contribution is 6.31. The van der Waals surface area contributed by atoms with Crippen LogP contribution in [0.2, 0.25) is 5.02 Å². The summed E-state index contributed by atoms with van der Waals surface area (Å²) < 4.78 is 11.0. The average molecular weight is 489 g/mol. The third kappa shape index (κ3) is 6.18. The van der Waals surface area contributed by atoms with Crippen molar-refractivity contribution < 1.29 is 23.5 Å². The van der Waals surface area contributed by atoms with Crippen LogP contribution >= 0.6 is 11.6 Å². The third-order valence-electron chi connectivity index (χ3n) is 5.36. The van der Waals surface area contributed by atoms with Gasteiger partial charge in [-0.2, -0.15) is 0 Å². The summed E-state index contributed by atoms with van der Waals surface area (Å²) in [6.45, 7) is 8.10. The Labute approximate surface area is 203 Å². The molecule has 1 atom stereocenters. The Morgan fingerprint density at radius 2 is 1.97 bits per heavy atom. The summed E-state index contributed by atoms with van der Waals surface area (Å²) in [5, 5.41) is 8.83. The van der Waals surface area contributed by atoms with Gasteiger partial charge >= 0.3 is 12.0 Å². The number of nitrogens with one attached hydrogen (secondary N) is 3. The molecule has 34 heavy (non-hydrogen) atoms. The van der Waals surface area contributed by atoms with Crippen molar-refractivity contribution in [2.24, 2.45) is 0 Å². The van der Waals surface area contributed by atoms with Crippen LogP contribution in [0.3, 0.4) is 0 Å². The molecule has 2 aromatic rings. The van der Waals surface area contributed by atoms with E-state index in [1.165, 1.54) is 0 Å². The van der Waals surface area contributed by atoms with Gasteiger partial charge in [-0.3, -0.25) is 9.69 Å². The van der Waals surface area contributed by atoms with Gasteiger partial charge in [-0.15, -0.1) is 0 Å². The number of benzene rings is 1. The van der Waals surface area contributed by atoms with Crippen LogP contribution in [-0.4, -0.2) is 49.0 Å². The van der Waals surface area contributed by atoms with Gasteiger partial charge < -0.3 is 25.1 Å². The monoisotopic (exact) mass is 488 g/mol. The molecule has 0 spiro atoms. The normalized spacial score (nSPS) is 15.7. The summed E-state index contributed by atoms with van der Waals surface area (Å²) in [4.78, 5) is 39.9. The first-order chi connectivity index (χ1) is 16.2. The number of rotatable bonds is 9. The van der Waals surface area contributed by atoms with Crippen molar-refractivity contribution in [3.05, 3.63) is 63.7 Å². The smallest absolute Gasteiger partial charge is 0.338 e. The second-order valence-electron chi connectivity index (χ2n) is 7.90. The summed E-state index contributed by atoms with van der Waals surface area (Å²) >= 11 is 6.05. The number of nitrogens with zero attached hydrogens (tertiary/aromatic N) is 1. The van der Waals surface area contributed by atoms with E-state index in [1.807, 2.05) is 19.9 Å². The first-order valence-electron chi connectivity index (χ1n) is 11.0. The minimum absolute atomic E-state index is 0.0376. The number of carbonyl (C=O) groups is 3. The summed E-state index contributed by atoms with van der Waals surface area (Å²) in [7, 11) is 0. The van der Waals surface area contributed by atoms with Crippen LogP contribution in [0, 0.1) is 13.8 Å². The number of esters is 1. The van der Waals surface area contributed by atoms with Gasteiger partial charge in [-0.05, 0) is 57.1 Å². The maximum absolute atomic E-state index is 12.9. The first-order valence-corrected chi connectivity index (χ1v) is 11.4. The van der Waals surface area contributed by atoms with Crippen LogP contribution in [0.15, 0.2) is 46.0 Å². The molecule has 10 heteroatoms. The molecule has 182 valence electrons. The van der Waals surface area contributed by atoms with Gasteiger partial charge in [0.15, 0.2) is 0 Å². The van der Waals surface area contributed by atoms with Gasteiger partial charge in [-0.1, -0.05) is 24.6 Å². The minimum Gasteiger partial charge on any atom is -0.464 e. The predicted molar refractivity (Wildman–Crippen MR) is 128 cm³/mol. The molecule has 3 N–H and O–H groups in total. The molecule has 1 aromatic carbocycles. The lowest BCUT2D eigenvalue weighted by Crippen LogP contribution is -2.49. The third-order valence-corrected chi connectivity index (χ3v) is 5.60. The number of anilines is 1. The predicted octanol–water partition coefficient (Wildman–Crippen LogP) is 3.68. The van der Waals surface area contributed by atoms with Gasteiger partial charge in [0.05, 0.1) is 18.7 Å². The molecule has 3 amide bonds. The first kappa shape index (κ1) is 25.3. The van der Waals surface area contributed by atoms with Gasteiger partial charge in [0.1, 0.15) is 17.6 Å². The highest BCUT2D eigenvalue weighted by Gasteiger charge is 2.36. The molecule has 0 saturated carbocycles. The topological polar surface area (TPSA) is 113 Å². The summed E-state index contributed by atoms with van der Waals surface area (Å²) in [6, 6.07) is 7.45. The molecule has 0 aliphatic carbocycles. The van der Waals surface area contributed by atoms with Crippen LogP contribution < -0.4 is 16.0 Å². The molecule has 0 saturated heterocycles. The lowest BCUT2D eigenvalue weighted by molar-refractivity contribution is -0.139. The Balaban J connectivity index is 1.85. The van der Waals surface area contributed by atoms with E-state index in [9.17, 15) is 14.4 Å². The fourth-order valence-electron chi connectivity index (χ4n) is 3.64. The standard InChI is InChI=1S/C24H29ClN4O5/c1-5-29(13-20(30)26-17-11-16(25)9-7-14(17)3)12-18-21(23(31)33-6-2)22(28-24(32)27-18)19-10-8-15(4)34-19/h7-11,22H,5-6,12-13H2,1-4H3,(H,26,30)(H2,27,28,32). The fraction of sp³-hybridized carbons (Fsp3) is 0.375. The number of halogens is 1. The lowest BCUT2D eigenvalue weighted by atomic mass is 10.00. The highest BCUT2D eigenvalue weighted by Crippen LogP contribution is 2.29. The van der Waals surface area contributed by atoms with E-state index in [1.54, 1.807) is 43.0 Å².